The van der Waals surface area contributed by atoms with Crippen molar-refractivity contribution < 1.29 is 14.4 Å². The molecule has 0 saturated heterocycles. The van der Waals surface area contributed by atoms with Crippen LogP contribution in [0.1, 0.15) is 31.1 Å². The Balaban J connectivity index is 3.70. The van der Waals surface area contributed by atoms with E-state index in [-0.39, 0.29) is 21.6 Å². The fourth-order valence-corrected chi connectivity index (χ4v) is 1.60. The molecule has 0 fully saturated rings. The molecule has 3 amide bonds. The number of benzene rings is 1. The molecule has 1 aromatic carbocycles. The predicted octanol–water partition coefficient (Wildman–Crippen LogP) is -0.728. The van der Waals surface area contributed by atoms with Crippen molar-refractivity contribution in [2.24, 2.45) is 17.2 Å². The molecular formula is C9H9N3O3S. The molecule has 0 aromatic heterocycles. The molecule has 0 atom stereocenters. The number of amides is 3. The van der Waals surface area contributed by atoms with Crippen LogP contribution >= 0.6 is 12.6 Å². The van der Waals surface area contributed by atoms with Gasteiger partial charge >= 0.3 is 0 Å². The van der Waals surface area contributed by atoms with E-state index in [0.717, 1.165) is 0 Å². The second kappa shape index (κ2) is 4.23. The van der Waals surface area contributed by atoms with Gasteiger partial charge in [-0.25, -0.2) is 0 Å². The van der Waals surface area contributed by atoms with Crippen molar-refractivity contribution in [3.63, 3.8) is 0 Å². The van der Waals surface area contributed by atoms with Gasteiger partial charge in [0.2, 0.25) is 11.8 Å². The lowest BCUT2D eigenvalue weighted by Crippen LogP contribution is -2.26. The van der Waals surface area contributed by atoms with Gasteiger partial charge in [-0.05, 0) is 12.1 Å². The third-order valence-corrected chi connectivity index (χ3v) is 2.31. The lowest BCUT2D eigenvalue weighted by Gasteiger charge is -2.09. The van der Waals surface area contributed by atoms with Crippen molar-refractivity contribution in [1.82, 2.24) is 0 Å². The molecule has 6 N–H and O–H groups in total. The molecule has 1 aromatic rings. The largest absolute Gasteiger partial charge is 0.366 e. The minimum Gasteiger partial charge on any atom is -0.366 e. The summed E-state index contributed by atoms with van der Waals surface area (Å²) in [7, 11) is 0. The first-order chi connectivity index (χ1) is 7.36. The molecule has 0 heterocycles. The van der Waals surface area contributed by atoms with Gasteiger partial charge in [0.25, 0.3) is 5.91 Å². The van der Waals surface area contributed by atoms with Gasteiger partial charge in [0, 0.05) is 4.90 Å². The zero-order chi connectivity index (χ0) is 12.5. The molecule has 84 valence electrons. The quantitative estimate of drug-likeness (QED) is 0.519. The predicted molar refractivity (Wildman–Crippen MR) is 59.2 cm³/mol. The first kappa shape index (κ1) is 12.1. The Morgan fingerprint density at radius 2 is 1.38 bits per heavy atom. The van der Waals surface area contributed by atoms with E-state index in [1.165, 1.54) is 12.1 Å². The topological polar surface area (TPSA) is 129 Å². The summed E-state index contributed by atoms with van der Waals surface area (Å²) in [5.74, 6) is -2.73. The Morgan fingerprint density at radius 1 is 0.875 bits per heavy atom. The highest BCUT2D eigenvalue weighted by Crippen LogP contribution is 2.21. The number of carbonyl (C=O) groups excluding carboxylic acids is 3. The summed E-state index contributed by atoms with van der Waals surface area (Å²) < 4.78 is 0. The molecule has 0 spiro atoms. The monoisotopic (exact) mass is 239 g/mol. The maximum atomic E-state index is 11.2. The molecule has 0 bridgehead atoms. The standard InChI is InChI=1S/C9H9N3O3S/c10-7(13)3-1-2-4(16)6(9(12)15)5(3)8(11)14/h1-2,16H,(H2,10,13)(H2,11,14)(H2,12,15). The minimum absolute atomic E-state index is 0.154. The summed E-state index contributed by atoms with van der Waals surface area (Å²) in [4.78, 5) is 33.5. The van der Waals surface area contributed by atoms with Crippen LogP contribution in [0, 0.1) is 0 Å². The summed E-state index contributed by atoms with van der Waals surface area (Å²) in [5, 5.41) is 0. The maximum absolute atomic E-state index is 11.2. The van der Waals surface area contributed by atoms with Crippen LogP contribution in [0.5, 0.6) is 0 Å². The Morgan fingerprint density at radius 3 is 1.75 bits per heavy atom. The summed E-state index contributed by atoms with van der Waals surface area (Å²) in [6.07, 6.45) is 0. The van der Waals surface area contributed by atoms with Gasteiger partial charge in [-0.15, -0.1) is 12.6 Å². The number of primary amides is 3. The SMILES string of the molecule is NC(=O)c1ccc(S)c(C(N)=O)c1C(N)=O. The van der Waals surface area contributed by atoms with E-state index >= 15 is 0 Å². The average Bonchev–Trinajstić information content (AvgIpc) is 2.15. The van der Waals surface area contributed by atoms with Crippen LogP contribution in [0.25, 0.3) is 0 Å². The normalized spacial score (nSPS) is 9.81. The molecule has 0 unspecified atom stereocenters. The molecule has 0 radical (unpaired) electrons. The van der Waals surface area contributed by atoms with E-state index < -0.39 is 17.7 Å². The molecule has 0 aliphatic rings. The lowest BCUT2D eigenvalue weighted by molar-refractivity contribution is 0.0952. The van der Waals surface area contributed by atoms with Crippen LogP contribution in [0.4, 0.5) is 0 Å². The van der Waals surface area contributed by atoms with Gasteiger partial charge in [-0.1, -0.05) is 0 Å². The van der Waals surface area contributed by atoms with E-state index in [1.807, 2.05) is 0 Å². The van der Waals surface area contributed by atoms with E-state index in [0.29, 0.717) is 0 Å². The summed E-state index contributed by atoms with van der Waals surface area (Å²) in [6, 6.07) is 2.60. The third-order valence-electron chi connectivity index (χ3n) is 1.94. The molecule has 7 heteroatoms. The van der Waals surface area contributed by atoms with Gasteiger partial charge in [-0.3, -0.25) is 14.4 Å². The van der Waals surface area contributed by atoms with Crippen molar-refractivity contribution in [2.75, 3.05) is 0 Å². The zero-order valence-corrected chi connectivity index (χ0v) is 8.95. The number of rotatable bonds is 3. The minimum atomic E-state index is -0.960. The Bertz CT molecular complexity index is 499. The Kier molecular flexibility index (Phi) is 3.19. The van der Waals surface area contributed by atoms with E-state index in [1.54, 1.807) is 0 Å². The number of nitrogens with two attached hydrogens (primary N) is 3. The lowest BCUT2D eigenvalue weighted by atomic mass is 9.99. The molecule has 0 aliphatic carbocycles. The highest BCUT2D eigenvalue weighted by Gasteiger charge is 2.22. The first-order valence-corrected chi connectivity index (χ1v) is 4.56. The highest BCUT2D eigenvalue weighted by molar-refractivity contribution is 7.80. The van der Waals surface area contributed by atoms with Crippen LogP contribution < -0.4 is 17.2 Å². The molecule has 0 saturated carbocycles. The molecule has 1 rings (SSSR count). The number of hydrogen-bond donors (Lipinski definition) is 4. The van der Waals surface area contributed by atoms with Crippen LogP contribution in [-0.4, -0.2) is 17.7 Å². The van der Waals surface area contributed by atoms with Gasteiger partial charge in [-0.2, -0.15) is 0 Å². The second-order valence-corrected chi connectivity index (χ2v) is 3.46. The molecule has 16 heavy (non-hydrogen) atoms. The van der Waals surface area contributed by atoms with Crippen LogP contribution in [0.15, 0.2) is 17.0 Å². The fourth-order valence-electron chi connectivity index (χ4n) is 1.30. The Hall–Kier alpha value is -2.02. The molecule has 0 aliphatic heterocycles. The van der Waals surface area contributed by atoms with E-state index in [2.05, 4.69) is 12.6 Å². The van der Waals surface area contributed by atoms with Gasteiger partial charge < -0.3 is 17.2 Å². The highest BCUT2D eigenvalue weighted by atomic mass is 32.1. The number of thiol groups is 1. The second-order valence-electron chi connectivity index (χ2n) is 2.98. The summed E-state index contributed by atoms with van der Waals surface area (Å²) in [6.45, 7) is 0. The van der Waals surface area contributed by atoms with E-state index in [4.69, 9.17) is 17.2 Å². The first-order valence-electron chi connectivity index (χ1n) is 4.11. The van der Waals surface area contributed by atoms with Crippen LogP contribution in [0.2, 0.25) is 0 Å². The summed E-state index contributed by atoms with van der Waals surface area (Å²) in [5.41, 5.74) is 14.5. The van der Waals surface area contributed by atoms with Crippen molar-refractivity contribution in [1.29, 1.82) is 0 Å². The number of hydrogen-bond acceptors (Lipinski definition) is 4. The van der Waals surface area contributed by atoms with Gasteiger partial charge in [0.05, 0.1) is 16.7 Å². The molecular weight excluding hydrogens is 230 g/mol. The smallest absolute Gasteiger partial charge is 0.250 e. The fraction of sp³-hybridized carbons (Fsp3) is 0. The average molecular weight is 239 g/mol. The summed E-state index contributed by atoms with van der Waals surface area (Å²) >= 11 is 3.96. The Labute approximate surface area is 96.2 Å². The maximum Gasteiger partial charge on any atom is 0.250 e. The van der Waals surface area contributed by atoms with Crippen molar-refractivity contribution in [2.45, 2.75) is 4.90 Å². The van der Waals surface area contributed by atoms with Crippen LogP contribution in [-0.2, 0) is 0 Å². The zero-order valence-electron chi connectivity index (χ0n) is 8.06. The van der Waals surface area contributed by atoms with E-state index in [9.17, 15) is 14.4 Å². The van der Waals surface area contributed by atoms with Gasteiger partial charge in [0.15, 0.2) is 0 Å². The molecule has 6 nitrogen and oxygen atoms in total. The van der Waals surface area contributed by atoms with Crippen molar-refractivity contribution in [3.8, 4) is 0 Å². The van der Waals surface area contributed by atoms with Crippen molar-refractivity contribution >= 4 is 30.4 Å². The van der Waals surface area contributed by atoms with Crippen LogP contribution in [0.3, 0.4) is 0 Å². The van der Waals surface area contributed by atoms with Crippen molar-refractivity contribution in [3.05, 3.63) is 28.8 Å². The number of carbonyl (C=O) groups is 3. The van der Waals surface area contributed by atoms with Gasteiger partial charge in [0.1, 0.15) is 0 Å². The third kappa shape index (κ3) is 1.98.